The topological polar surface area (TPSA) is 55.1 Å². The minimum atomic E-state index is -0.261. The largest absolute Gasteiger partial charge is 0.353 e. The molecule has 1 atom stereocenters. The molecule has 1 amide bonds. The van der Waals surface area contributed by atoms with Crippen molar-refractivity contribution < 1.29 is 4.79 Å². The molecule has 1 aromatic rings. The monoisotopic (exact) mass is 246 g/mol. The average molecular weight is 246 g/mol. The Morgan fingerprint density at radius 2 is 2.06 bits per heavy atom. The van der Waals surface area contributed by atoms with E-state index in [1.54, 1.807) is 0 Å². The number of benzene rings is 1. The molecule has 1 fully saturated rings. The zero-order valence-electron chi connectivity index (χ0n) is 11.0. The van der Waals surface area contributed by atoms with E-state index in [0.717, 1.165) is 31.2 Å². The first-order valence-corrected chi connectivity index (χ1v) is 6.79. The number of hydrogen-bond acceptors (Lipinski definition) is 2. The Morgan fingerprint density at radius 1 is 1.39 bits per heavy atom. The van der Waals surface area contributed by atoms with Crippen LogP contribution in [0.25, 0.3) is 0 Å². The van der Waals surface area contributed by atoms with Crippen LogP contribution < -0.4 is 11.1 Å². The lowest BCUT2D eigenvalue weighted by Gasteiger charge is -2.21. The van der Waals surface area contributed by atoms with Crippen LogP contribution in [0.15, 0.2) is 30.3 Å². The van der Waals surface area contributed by atoms with Crippen LogP contribution in [0, 0.1) is 0 Å². The van der Waals surface area contributed by atoms with Gasteiger partial charge in [0.25, 0.3) is 0 Å². The number of carbonyl (C=O) groups excluding carboxylic acids is 1. The first-order chi connectivity index (χ1) is 8.73. The molecule has 18 heavy (non-hydrogen) atoms. The quantitative estimate of drug-likeness (QED) is 0.806. The summed E-state index contributed by atoms with van der Waals surface area (Å²) >= 11 is 0. The second kappa shape index (κ2) is 5.53. The molecule has 0 saturated heterocycles. The summed E-state index contributed by atoms with van der Waals surface area (Å²) in [6.45, 7) is 2.71. The third kappa shape index (κ3) is 2.56. The van der Waals surface area contributed by atoms with Crippen LogP contribution in [-0.4, -0.2) is 18.5 Å². The third-order valence-electron chi connectivity index (χ3n) is 3.85. The average Bonchev–Trinajstić information content (AvgIpc) is 3.20. The standard InChI is InChI=1S/C15H22N2O/c1-2-13(8-11-16)17-14(18)15(9-10-15)12-6-4-3-5-7-12/h3-7,13H,2,8-11,16H2,1H3,(H,17,18). The lowest BCUT2D eigenvalue weighted by molar-refractivity contribution is -0.124. The van der Waals surface area contributed by atoms with Crippen molar-refractivity contribution in [1.29, 1.82) is 0 Å². The summed E-state index contributed by atoms with van der Waals surface area (Å²) in [5.41, 5.74) is 6.45. The fourth-order valence-electron chi connectivity index (χ4n) is 2.43. The molecule has 3 heteroatoms. The Bertz CT molecular complexity index is 398. The maximum atomic E-state index is 12.4. The fourth-order valence-corrected chi connectivity index (χ4v) is 2.43. The molecule has 0 spiro atoms. The Labute approximate surface area is 109 Å². The predicted octanol–water partition coefficient (Wildman–Crippen LogP) is 1.96. The van der Waals surface area contributed by atoms with Gasteiger partial charge >= 0.3 is 0 Å². The Balaban J connectivity index is 2.05. The van der Waals surface area contributed by atoms with Gasteiger partial charge in [-0.25, -0.2) is 0 Å². The Hall–Kier alpha value is -1.35. The SMILES string of the molecule is CCC(CCN)NC(=O)C1(c2ccccc2)CC1. The molecular weight excluding hydrogens is 224 g/mol. The molecule has 2 rings (SSSR count). The highest BCUT2D eigenvalue weighted by atomic mass is 16.2. The molecule has 1 saturated carbocycles. The van der Waals surface area contributed by atoms with Crippen molar-refractivity contribution in [2.24, 2.45) is 5.73 Å². The Morgan fingerprint density at radius 3 is 2.56 bits per heavy atom. The summed E-state index contributed by atoms with van der Waals surface area (Å²) in [4.78, 5) is 12.4. The number of rotatable bonds is 6. The summed E-state index contributed by atoms with van der Waals surface area (Å²) in [6.07, 6.45) is 3.71. The molecule has 0 aromatic heterocycles. The minimum Gasteiger partial charge on any atom is -0.353 e. The molecule has 0 bridgehead atoms. The van der Waals surface area contributed by atoms with E-state index in [0.29, 0.717) is 6.54 Å². The van der Waals surface area contributed by atoms with Crippen LogP contribution in [-0.2, 0) is 10.2 Å². The summed E-state index contributed by atoms with van der Waals surface area (Å²) in [7, 11) is 0. The van der Waals surface area contributed by atoms with Gasteiger partial charge in [-0.05, 0) is 37.8 Å². The van der Waals surface area contributed by atoms with E-state index in [1.807, 2.05) is 18.2 Å². The van der Waals surface area contributed by atoms with E-state index < -0.39 is 0 Å². The van der Waals surface area contributed by atoms with E-state index in [1.165, 1.54) is 0 Å². The highest BCUT2D eigenvalue weighted by molar-refractivity contribution is 5.91. The number of amides is 1. The molecule has 1 aromatic carbocycles. The van der Waals surface area contributed by atoms with Crippen molar-refractivity contribution in [3.05, 3.63) is 35.9 Å². The van der Waals surface area contributed by atoms with Gasteiger partial charge in [-0.1, -0.05) is 37.3 Å². The van der Waals surface area contributed by atoms with Gasteiger partial charge in [0, 0.05) is 6.04 Å². The van der Waals surface area contributed by atoms with E-state index >= 15 is 0 Å². The molecule has 0 aliphatic heterocycles. The zero-order valence-corrected chi connectivity index (χ0v) is 11.0. The first kappa shape index (κ1) is 13.1. The first-order valence-electron chi connectivity index (χ1n) is 6.79. The number of hydrogen-bond donors (Lipinski definition) is 2. The van der Waals surface area contributed by atoms with Gasteiger partial charge in [-0.3, -0.25) is 4.79 Å². The van der Waals surface area contributed by atoms with Gasteiger partial charge in [0.05, 0.1) is 5.41 Å². The number of nitrogens with one attached hydrogen (secondary N) is 1. The van der Waals surface area contributed by atoms with Gasteiger partial charge in [-0.15, -0.1) is 0 Å². The molecular formula is C15H22N2O. The van der Waals surface area contributed by atoms with E-state index in [2.05, 4.69) is 24.4 Å². The van der Waals surface area contributed by atoms with E-state index in [4.69, 9.17) is 5.73 Å². The maximum Gasteiger partial charge on any atom is 0.230 e. The molecule has 3 nitrogen and oxygen atoms in total. The molecule has 1 aliphatic carbocycles. The van der Waals surface area contributed by atoms with Gasteiger partial charge in [-0.2, -0.15) is 0 Å². The van der Waals surface area contributed by atoms with Gasteiger partial charge in [0.1, 0.15) is 0 Å². The molecule has 0 heterocycles. The lowest BCUT2D eigenvalue weighted by atomic mass is 9.94. The minimum absolute atomic E-state index is 0.175. The smallest absolute Gasteiger partial charge is 0.230 e. The second-order valence-corrected chi connectivity index (χ2v) is 5.10. The van der Waals surface area contributed by atoms with Gasteiger partial charge < -0.3 is 11.1 Å². The number of nitrogens with two attached hydrogens (primary N) is 1. The highest BCUT2D eigenvalue weighted by Gasteiger charge is 2.51. The van der Waals surface area contributed by atoms with E-state index in [9.17, 15) is 4.79 Å². The lowest BCUT2D eigenvalue weighted by Crippen LogP contribution is -2.42. The summed E-state index contributed by atoms with van der Waals surface area (Å²) in [5.74, 6) is 0.175. The maximum absolute atomic E-state index is 12.4. The van der Waals surface area contributed by atoms with Crippen LogP contribution >= 0.6 is 0 Å². The van der Waals surface area contributed by atoms with Gasteiger partial charge in [0.15, 0.2) is 0 Å². The Kier molecular flexibility index (Phi) is 4.02. The molecule has 98 valence electrons. The van der Waals surface area contributed by atoms with Crippen LogP contribution in [0.1, 0.15) is 38.2 Å². The fraction of sp³-hybridized carbons (Fsp3) is 0.533. The van der Waals surface area contributed by atoms with Crippen molar-refractivity contribution in [3.63, 3.8) is 0 Å². The molecule has 0 radical (unpaired) electrons. The van der Waals surface area contributed by atoms with Crippen LogP contribution in [0.5, 0.6) is 0 Å². The van der Waals surface area contributed by atoms with Crippen molar-refractivity contribution in [2.75, 3.05) is 6.54 Å². The van der Waals surface area contributed by atoms with E-state index in [-0.39, 0.29) is 17.4 Å². The van der Waals surface area contributed by atoms with Crippen LogP contribution in [0.3, 0.4) is 0 Å². The summed E-state index contributed by atoms with van der Waals surface area (Å²) in [5, 5.41) is 3.15. The molecule has 1 unspecified atom stereocenters. The zero-order chi connectivity index (χ0) is 13.0. The van der Waals surface area contributed by atoms with Gasteiger partial charge in [0.2, 0.25) is 5.91 Å². The summed E-state index contributed by atoms with van der Waals surface area (Å²) < 4.78 is 0. The van der Waals surface area contributed by atoms with Crippen molar-refractivity contribution in [2.45, 2.75) is 44.1 Å². The normalized spacial score (nSPS) is 18.1. The summed E-state index contributed by atoms with van der Waals surface area (Å²) in [6, 6.07) is 10.3. The molecule has 3 N–H and O–H groups in total. The second-order valence-electron chi connectivity index (χ2n) is 5.10. The van der Waals surface area contributed by atoms with Crippen molar-refractivity contribution in [1.82, 2.24) is 5.32 Å². The predicted molar refractivity (Wildman–Crippen MR) is 73.2 cm³/mol. The van der Waals surface area contributed by atoms with Crippen molar-refractivity contribution >= 4 is 5.91 Å². The number of carbonyl (C=O) groups is 1. The highest BCUT2D eigenvalue weighted by Crippen LogP contribution is 2.48. The third-order valence-corrected chi connectivity index (χ3v) is 3.85. The van der Waals surface area contributed by atoms with Crippen molar-refractivity contribution in [3.8, 4) is 0 Å². The van der Waals surface area contributed by atoms with Crippen LogP contribution in [0.4, 0.5) is 0 Å². The molecule has 1 aliphatic rings. The van der Waals surface area contributed by atoms with Crippen LogP contribution in [0.2, 0.25) is 0 Å².